The van der Waals surface area contributed by atoms with Crippen LogP contribution in [0.1, 0.15) is 55.0 Å². The molecule has 0 unspecified atom stereocenters. The Morgan fingerprint density at radius 3 is 2.81 bits per heavy atom. The summed E-state index contributed by atoms with van der Waals surface area (Å²) in [6.07, 6.45) is 11.2. The Hall–Kier alpha value is -1.77. The van der Waals surface area contributed by atoms with Gasteiger partial charge in [0.2, 0.25) is 0 Å². The van der Waals surface area contributed by atoms with Gasteiger partial charge in [0.05, 0.1) is 18.3 Å². The largest absolute Gasteiger partial charge is 0.379 e. The van der Waals surface area contributed by atoms with E-state index in [0.29, 0.717) is 6.04 Å². The molecule has 1 aromatic heterocycles. The first-order valence-corrected chi connectivity index (χ1v) is 8.28. The molecule has 0 spiro atoms. The Morgan fingerprint density at radius 1 is 1.05 bits per heavy atom. The van der Waals surface area contributed by atoms with E-state index in [2.05, 4.69) is 40.5 Å². The molecule has 0 radical (unpaired) electrons. The molecule has 2 aliphatic carbocycles. The van der Waals surface area contributed by atoms with Gasteiger partial charge in [-0.3, -0.25) is 4.68 Å². The minimum Gasteiger partial charge on any atom is -0.379 e. The normalized spacial score (nSPS) is 18.1. The van der Waals surface area contributed by atoms with E-state index in [1.54, 1.807) is 0 Å². The summed E-state index contributed by atoms with van der Waals surface area (Å²) >= 11 is 0. The van der Waals surface area contributed by atoms with E-state index in [9.17, 15) is 0 Å². The maximum Gasteiger partial charge on any atom is 0.0815 e. The summed E-state index contributed by atoms with van der Waals surface area (Å²) in [7, 11) is 0. The predicted octanol–water partition coefficient (Wildman–Crippen LogP) is 4.10. The van der Waals surface area contributed by atoms with Gasteiger partial charge in [0.1, 0.15) is 0 Å². The smallest absolute Gasteiger partial charge is 0.0815 e. The first-order valence-electron chi connectivity index (χ1n) is 8.28. The summed E-state index contributed by atoms with van der Waals surface area (Å²) < 4.78 is 2.17. The van der Waals surface area contributed by atoms with Gasteiger partial charge in [-0.15, -0.1) is 0 Å². The monoisotopic (exact) mass is 281 g/mol. The predicted molar refractivity (Wildman–Crippen MR) is 85.5 cm³/mol. The molecule has 21 heavy (non-hydrogen) atoms. The quantitative estimate of drug-likeness (QED) is 0.914. The Morgan fingerprint density at radius 2 is 1.90 bits per heavy atom. The molecule has 3 heteroatoms. The highest BCUT2D eigenvalue weighted by Gasteiger charge is 2.17. The van der Waals surface area contributed by atoms with E-state index in [0.717, 1.165) is 12.2 Å². The van der Waals surface area contributed by atoms with Crippen molar-refractivity contribution in [2.75, 3.05) is 5.32 Å². The molecule has 0 aliphatic heterocycles. The van der Waals surface area contributed by atoms with Gasteiger partial charge < -0.3 is 5.32 Å². The van der Waals surface area contributed by atoms with Crippen molar-refractivity contribution in [2.24, 2.45) is 0 Å². The number of rotatable bonds is 4. The molecular formula is C18H23N3. The topological polar surface area (TPSA) is 29.9 Å². The van der Waals surface area contributed by atoms with Gasteiger partial charge in [0.25, 0.3) is 0 Å². The molecule has 1 saturated carbocycles. The second kappa shape index (κ2) is 5.55. The lowest BCUT2D eigenvalue weighted by Crippen LogP contribution is -2.07. The van der Waals surface area contributed by atoms with E-state index in [4.69, 9.17) is 5.10 Å². The minimum atomic E-state index is 0.638. The fraction of sp³-hybridized carbons (Fsp3) is 0.500. The molecule has 0 amide bonds. The molecule has 1 aromatic carbocycles. The number of fused-ring (bicyclic) bond motifs is 1. The number of anilines is 1. The third kappa shape index (κ3) is 2.69. The van der Waals surface area contributed by atoms with Crippen molar-refractivity contribution in [3.63, 3.8) is 0 Å². The molecule has 1 N–H and O–H groups in total. The van der Waals surface area contributed by atoms with Crippen molar-refractivity contribution >= 4 is 5.69 Å². The number of hydrogen-bond donors (Lipinski definition) is 1. The zero-order valence-electron chi connectivity index (χ0n) is 12.5. The van der Waals surface area contributed by atoms with Gasteiger partial charge in [-0.1, -0.05) is 18.9 Å². The third-order valence-electron chi connectivity index (χ3n) is 4.93. The summed E-state index contributed by atoms with van der Waals surface area (Å²) in [6.45, 7) is 0.818. The van der Waals surface area contributed by atoms with Crippen molar-refractivity contribution in [1.82, 2.24) is 9.78 Å². The molecule has 110 valence electrons. The molecule has 2 aliphatic rings. The summed E-state index contributed by atoms with van der Waals surface area (Å²) in [4.78, 5) is 0. The van der Waals surface area contributed by atoms with E-state index in [1.165, 1.54) is 61.8 Å². The third-order valence-corrected chi connectivity index (χ3v) is 4.93. The molecule has 1 heterocycles. The Bertz CT molecular complexity index is 623. The summed E-state index contributed by atoms with van der Waals surface area (Å²) in [6, 6.07) is 9.59. The number of nitrogens with zero attached hydrogens (tertiary/aromatic N) is 2. The van der Waals surface area contributed by atoms with Crippen molar-refractivity contribution < 1.29 is 0 Å². The first kappa shape index (κ1) is 12.9. The van der Waals surface area contributed by atoms with Crippen LogP contribution < -0.4 is 5.32 Å². The lowest BCUT2D eigenvalue weighted by Gasteiger charge is -2.09. The van der Waals surface area contributed by atoms with E-state index < -0.39 is 0 Å². The van der Waals surface area contributed by atoms with Crippen LogP contribution in [0.4, 0.5) is 5.69 Å². The average molecular weight is 281 g/mol. The number of nitrogens with one attached hydrogen (secondary N) is 1. The highest BCUT2D eigenvalue weighted by Crippen LogP contribution is 2.29. The highest BCUT2D eigenvalue weighted by atomic mass is 15.3. The van der Waals surface area contributed by atoms with Gasteiger partial charge in [-0.25, -0.2) is 0 Å². The molecule has 0 saturated heterocycles. The number of aryl methyl sites for hydroxylation is 2. The van der Waals surface area contributed by atoms with Crippen LogP contribution in [-0.2, 0) is 19.4 Å². The maximum absolute atomic E-state index is 4.73. The zero-order valence-corrected chi connectivity index (χ0v) is 12.5. The van der Waals surface area contributed by atoms with Gasteiger partial charge in [0.15, 0.2) is 0 Å². The zero-order chi connectivity index (χ0) is 14.1. The fourth-order valence-electron chi connectivity index (χ4n) is 3.72. The second-order valence-electron chi connectivity index (χ2n) is 6.42. The van der Waals surface area contributed by atoms with Crippen LogP contribution in [0.2, 0.25) is 0 Å². The molecule has 3 nitrogen and oxygen atoms in total. The standard InChI is InChI=1S/C18H23N3/c1-2-7-18(6-1)21-11-10-17(20-21)13-19-16-9-8-14-4-3-5-15(14)12-16/h8-12,18-19H,1-7,13H2. The van der Waals surface area contributed by atoms with Crippen molar-refractivity contribution in [2.45, 2.75) is 57.5 Å². The summed E-state index contributed by atoms with van der Waals surface area (Å²) in [5.41, 5.74) is 5.43. The van der Waals surface area contributed by atoms with Crippen molar-refractivity contribution in [1.29, 1.82) is 0 Å². The van der Waals surface area contributed by atoms with Gasteiger partial charge in [0, 0.05) is 11.9 Å². The average Bonchev–Trinajstić information content (AvgIpc) is 3.24. The van der Waals surface area contributed by atoms with E-state index in [1.807, 2.05) is 0 Å². The van der Waals surface area contributed by atoms with Crippen molar-refractivity contribution in [3.8, 4) is 0 Å². The number of hydrogen-bond acceptors (Lipinski definition) is 2. The molecule has 2 aromatic rings. The lowest BCUT2D eigenvalue weighted by atomic mass is 10.1. The van der Waals surface area contributed by atoms with E-state index in [-0.39, 0.29) is 0 Å². The van der Waals surface area contributed by atoms with Crippen LogP contribution in [-0.4, -0.2) is 9.78 Å². The van der Waals surface area contributed by atoms with Gasteiger partial charge >= 0.3 is 0 Å². The second-order valence-corrected chi connectivity index (χ2v) is 6.42. The van der Waals surface area contributed by atoms with Crippen LogP contribution in [0.3, 0.4) is 0 Å². The van der Waals surface area contributed by atoms with Crippen LogP contribution in [0.5, 0.6) is 0 Å². The number of aromatic nitrogens is 2. The molecule has 0 bridgehead atoms. The SMILES string of the molecule is c1cc2c(cc1NCc1ccn(C3CCCC3)n1)CCC2. The molecular weight excluding hydrogens is 258 g/mol. The molecule has 4 rings (SSSR count). The Kier molecular flexibility index (Phi) is 3.42. The van der Waals surface area contributed by atoms with Crippen molar-refractivity contribution in [3.05, 3.63) is 47.3 Å². The first-order chi connectivity index (χ1) is 10.4. The van der Waals surface area contributed by atoms with Crippen LogP contribution in [0.25, 0.3) is 0 Å². The summed E-state index contributed by atoms with van der Waals surface area (Å²) in [5.74, 6) is 0. The van der Waals surface area contributed by atoms with E-state index >= 15 is 0 Å². The lowest BCUT2D eigenvalue weighted by molar-refractivity contribution is 0.463. The maximum atomic E-state index is 4.73. The summed E-state index contributed by atoms with van der Waals surface area (Å²) in [5, 5.41) is 8.25. The van der Waals surface area contributed by atoms with Gasteiger partial charge in [-0.05, 0) is 61.4 Å². The van der Waals surface area contributed by atoms with Gasteiger partial charge in [-0.2, -0.15) is 5.10 Å². The van der Waals surface area contributed by atoms with Crippen LogP contribution >= 0.6 is 0 Å². The Balaban J connectivity index is 1.40. The van der Waals surface area contributed by atoms with Crippen LogP contribution in [0, 0.1) is 0 Å². The minimum absolute atomic E-state index is 0.638. The molecule has 0 atom stereocenters. The Labute approximate surface area is 126 Å². The highest BCUT2D eigenvalue weighted by molar-refractivity contribution is 5.50. The van der Waals surface area contributed by atoms with Crippen LogP contribution in [0.15, 0.2) is 30.5 Å². The fourth-order valence-corrected chi connectivity index (χ4v) is 3.72. The number of benzene rings is 1. The molecule has 1 fully saturated rings.